The first-order chi connectivity index (χ1) is 12.2. The van der Waals surface area contributed by atoms with E-state index in [1.54, 1.807) is 0 Å². The topological polar surface area (TPSA) is 44.8 Å². The van der Waals surface area contributed by atoms with E-state index < -0.39 is 0 Å². The minimum atomic E-state index is 0.0574. The number of para-hydroxylation sites is 1. The number of benzene rings is 1. The molecule has 1 atom stereocenters. The monoisotopic (exact) mass is 345 g/mol. The maximum Gasteiger partial charge on any atom is 0.322 e. The quantitative estimate of drug-likeness (QED) is 0.911. The van der Waals surface area contributed by atoms with E-state index in [1.807, 2.05) is 0 Å². The van der Waals surface area contributed by atoms with Gasteiger partial charge in [-0.25, -0.2) is 4.79 Å². The number of hydrogen-bond acceptors (Lipinski definition) is 3. The van der Waals surface area contributed by atoms with Crippen LogP contribution in [0.25, 0.3) is 0 Å². The number of carbonyl (C=O) groups excluding carboxylic acids is 1. The van der Waals surface area contributed by atoms with Gasteiger partial charge in [0.15, 0.2) is 0 Å². The fourth-order valence-electron chi connectivity index (χ4n) is 3.92. The van der Waals surface area contributed by atoms with Gasteiger partial charge in [0.2, 0.25) is 0 Å². The molecule has 0 saturated carbocycles. The first kappa shape index (κ1) is 18.2. The molecule has 5 nitrogen and oxygen atoms in total. The molecule has 0 bridgehead atoms. The van der Waals surface area contributed by atoms with Crippen molar-refractivity contribution in [3.05, 3.63) is 29.3 Å². The Morgan fingerprint density at radius 3 is 2.80 bits per heavy atom. The molecule has 0 radical (unpaired) electrons. The van der Waals surface area contributed by atoms with Crippen molar-refractivity contribution in [2.24, 2.45) is 0 Å². The number of likely N-dealkylation sites (tertiary alicyclic amines) is 1. The lowest BCUT2D eigenvalue weighted by Gasteiger charge is -2.39. The third kappa shape index (κ3) is 4.53. The summed E-state index contributed by atoms with van der Waals surface area (Å²) in [5, 5.41) is 3.21. The number of morpholine rings is 1. The SMILES string of the molecule is CCc1cccc(C)c1NC(=O)N1CCCC[C@H]1CN1CCOCC1. The first-order valence-corrected chi connectivity index (χ1v) is 9.65. The highest BCUT2D eigenvalue weighted by Crippen LogP contribution is 2.24. The number of piperidine rings is 1. The van der Waals surface area contributed by atoms with Crippen molar-refractivity contribution in [1.82, 2.24) is 9.80 Å². The zero-order valence-electron chi connectivity index (χ0n) is 15.6. The van der Waals surface area contributed by atoms with Gasteiger partial charge in [-0.1, -0.05) is 25.1 Å². The smallest absolute Gasteiger partial charge is 0.322 e. The number of rotatable bonds is 4. The zero-order chi connectivity index (χ0) is 17.6. The Morgan fingerprint density at radius 2 is 2.04 bits per heavy atom. The summed E-state index contributed by atoms with van der Waals surface area (Å²) in [5.74, 6) is 0. The van der Waals surface area contributed by atoms with Crippen LogP contribution in [0.15, 0.2) is 18.2 Å². The molecule has 0 spiro atoms. The average molecular weight is 345 g/mol. The lowest BCUT2D eigenvalue weighted by Crippen LogP contribution is -2.52. The van der Waals surface area contributed by atoms with Crippen LogP contribution in [0.4, 0.5) is 10.5 Å². The maximum atomic E-state index is 13.0. The number of urea groups is 1. The minimum Gasteiger partial charge on any atom is -0.379 e. The number of hydrogen-bond donors (Lipinski definition) is 1. The van der Waals surface area contributed by atoms with Crippen LogP contribution in [0.1, 0.15) is 37.3 Å². The molecular formula is C20H31N3O2. The Kier molecular flexibility index (Phi) is 6.32. The largest absolute Gasteiger partial charge is 0.379 e. The Morgan fingerprint density at radius 1 is 1.24 bits per heavy atom. The molecule has 1 N–H and O–H groups in total. The number of carbonyl (C=O) groups is 1. The molecule has 0 aliphatic carbocycles. The second-order valence-corrected chi connectivity index (χ2v) is 7.15. The summed E-state index contributed by atoms with van der Waals surface area (Å²) in [6.07, 6.45) is 4.33. The number of amides is 2. The van der Waals surface area contributed by atoms with Crippen molar-refractivity contribution in [3.8, 4) is 0 Å². The van der Waals surface area contributed by atoms with E-state index >= 15 is 0 Å². The van der Waals surface area contributed by atoms with Crippen LogP contribution in [0.2, 0.25) is 0 Å². The molecule has 3 rings (SSSR count). The molecule has 0 unspecified atom stereocenters. The normalized spacial score (nSPS) is 22.0. The first-order valence-electron chi connectivity index (χ1n) is 9.65. The van der Waals surface area contributed by atoms with Gasteiger partial charge in [0.1, 0.15) is 0 Å². The van der Waals surface area contributed by atoms with E-state index in [9.17, 15) is 4.79 Å². The molecule has 25 heavy (non-hydrogen) atoms. The molecule has 2 amide bonds. The molecule has 1 aromatic rings. The number of ether oxygens (including phenoxy) is 1. The Balaban J connectivity index is 1.68. The van der Waals surface area contributed by atoms with Crippen LogP contribution < -0.4 is 5.32 Å². The van der Waals surface area contributed by atoms with Gasteiger partial charge in [-0.2, -0.15) is 0 Å². The van der Waals surface area contributed by atoms with Gasteiger partial charge < -0.3 is 15.0 Å². The highest BCUT2D eigenvalue weighted by atomic mass is 16.5. The predicted octanol–water partition coefficient (Wildman–Crippen LogP) is 3.28. The Bertz CT molecular complexity index is 584. The highest BCUT2D eigenvalue weighted by Gasteiger charge is 2.29. The van der Waals surface area contributed by atoms with E-state index in [1.165, 1.54) is 12.0 Å². The lowest BCUT2D eigenvalue weighted by atomic mass is 10.0. The predicted molar refractivity (Wildman–Crippen MR) is 101 cm³/mol. The summed E-state index contributed by atoms with van der Waals surface area (Å²) in [6, 6.07) is 6.59. The fraction of sp³-hybridized carbons (Fsp3) is 0.650. The van der Waals surface area contributed by atoms with Crippen LogP contribution in [-0.2, 0) is 11.2 Å². The van der Waals surface area contributed by atoms with Gasteiger partial charge in [0.25, 0.3) is 0 Å². The average Bonchev–Trinajstić information content (AvgIpc) is 2.64. The van der Waals surface area contributed by atoms with Gasteiger partial charge in [-0.3, -0.25) is 4.90 Å². The van der Waals surface area contributed by atoms with Crippen molar-refractivity contribution >= 4 is 11.7 Å². The molecule has 2 heterocycles. The summed E-state index contributed by atoms with van der Waals surface area (Å²) in [5.41, 5.74) is 3.33. The molecule has 2 fully saturated rings. The van der Waals surface area contributed by atoms with E-state index in [0.29, 0.717) is 6.04 Å². The third-order valence-corrected chi connectivity index (χ3v) is 5.43. The van der Waals surface area contributed by atoms with Crippen molar-refractivity contribution in [1.29, 1.82) is 0 Å². The van der Waals surface area contributed by atoms with Gasteiger partial charge in [0, 0.05) is 37.9 Å². The molecular weight excluding hydrogens is 314 g/mol. The highest BCUT2D eigenvalue weighted by molar-refractivity contribution is 5.91. The maximum absolute atomic E-state index is 13.0. The molecule has 2 saturated heterocycles. The van der Waals surface area contributed by atoms with Crippen LogP contribution in [0.3, 0.4) is 0 Å². The summed E-state index contributed by atoms with van der Waals surface area (Å²) >= 11 is 0. The second kappa shape index (κ2) is 8.68. The van der Waals surface area contributed by atoms with Gasteiger partial charge >= 0.3 is 6.03 Å². The van der Waals surface area contributed by atoms with Gasteiger partial charge in [0.05, 0.1) is 13.2 Å². The summed E-state index contributed by atoms with van der Waals surface area (Å²) in [6.45, 7) is 9.58. The molecule has 0 aromatic heterocycles. The minimum absolute atomic E-state index is 0.0574. The third-order valence-electron chi connectivity index (χ3n) is 5.43. The summed E-state index contributed by atoms with van der Waals surface area (Å²) in [7, 11) is 0. The van der Waals surface area contributed by atoms with Crippen LogP contribution in [-0.4, -0.2) is 61.3 Å². The van der Waals surface area contributed by atoms with Crippen molar-refractivity contribution in [2.75, 3.05) is 44.7 Å². The van der Waals surface area contributed by atoms with Gasteiger partial charge in [-0.15, -0.1) is 0 Å². The van der Waals surface area contributed by atoms with E-state index in [-0.39, 0.29) is 6.03 Å². The number of nitrogens with one attached hydrogen (secondary N) is 1. The number of nitrogens with zero attached hydrogens (tertiary/aromatic N) is 2. The van der Waals surface area contributed by atoms with Gasteiger partial charge in [-0.05, 0) is 43.7 Å². The Labute approximate surface area is 151 Å². The van der Waals surface area contributed by atoms with E-state index in [0.717, 1.165) is 69.9 Å². The zero-order valence-corrected chi connectivity index (χ0v) is 15.6. The second-order valence-electron chi connectivity index (χ2n) is 7.15. The Hall–Kier alpha value is -1.59. The molecule has 2 aliphatic rings. The lowest BCUT2D eigenvalue weighted by molar-refractivity contribution is 0.0229. The summed E-state index contributed by atoms with van der Waals surface area (Å²) in [4.78, 5) is 17.5. The molecule has 138 valence electrons. The molecule has 1 aromatic carbocycles. The van der Waals surface area contributed by atoms with E-state index in [4.69, 9.17) is 4.74 Å². The van der Waals surface area contributed by atoms with E-state index in [2.05, 4.69) is 47.2 Å². The van der Waals surface area contributed by atoms with Crippen LogP contribution >= 0.6 is 0 Å². The number of aryl methyl sites for hydroxylation is 2. The van der Waals surface area contributed by atoms with Crippen LogP contribution in [0.5, 0.6) is 0 Å². The van der Waals surface area contributed by atoms with Crippen LogP contribution in [0, 0.1) is 6.92 Å². The fourth-order valence-corrected chi connectivity index (χ4v) is 3.92. The summed E-state index contributed by atoms with van der Waals surface area (Å²) < 4.78 is 5.45. The van der Waals surface area contributed by atoms with Crippen molar-refractivity contribution in [3.63, 3.8) is 0 Å². The van der Waals surface area contributed by atoms with Crippen molar-refractivity contribution < 1.29 is 9.53 Å². The number of anilines is 1. The van der Waals surface area contributed by atoms with Crippen molar-refractivity contribution in [2.45, 2.75) is 45.6 Å². The molecule has 2 aliphatic heterocycles. The standard InChI is InChI=1S/C20H31N3O2/c1-3-17-8-6-7-16(2)19(17)21-20(24)23-10-5-4-9-18(23)15-22-11-13-25-14-12-22/h6-8,18H,3-5,9-15H2,1-2H3,(H,21,24)/t18-/m0/s1. The molecule has 5 heteroatoms.